The van der Waals surface area contributed by atoms with Crippen molar-refractivity contribution in [3.05, 3.63) is 35.4 Å². The fourth-order valence-corrected chi connectivity index (χ4v) is 1.32. The zero-order valence-electron chi connectivity index (χ0n) is 6.33. The van der Waals surface area contributed by atoms with Gasteiger partial charge >= 0.3 is 0 Å². The first-order valence-electron chi connectivity index (χ1n) is 3.89. The smallest absolute Gasteiger partial charge is 0.104 e. The molecule has 0 bridgehead atoms. The second-order valence-electron chi connectivity index (χ2n) is 2.70. The van der Waals surface area contributed by atoms with Crippen molar-refractivity contribution in [3.63, 3.8) is 0 Å². The van der Waals surface area contributed by atoms with Crippen molar-refractivity contribution in [2.45, 2.75) is 6.42 Å². The van der Waals surface area contributed by atoms with Crippen LogP contribution in [0.15, 0.2) is 29.4 Å². The highest BCUT2D eigenvalue weighted by Crippen LogP contribution is 2.06. The standard InChI is InChI=1S/C9H10N2/c1-2-4-9-7-11-10-6-5-8(9)3-1/h1-4,7,10H,5-6H2/p+1. The molecule has 0 spiro atoms. The maximum Gasteiger partial charge on any atom is 0.104 e. The van der Waals surface area contributed by atoms with Crippen LogP contribution in [0.1, 0.15) is 11.1 Å². The van der Waals surface area contributed by atoms with Crippen LogP contribution >= 0.6 is 0 Å². The Bertz CT molecular complexity index is 279. The molecule has 0 saturated carbocycles. The van der Waals surface area contributed by atoms with Crippen LogP contribution in [0.4, 0.5) is 0 Å². The Labute approximate surface area is 65.9 Å². The molecule has 0 radical (unpaired) electrons. The van der Waals surface area contributed by atoms with E-state index in [1.165, 1.54) is 11.1 Å². The Morgan fingerprint density at radius 2 is 2.18 bits per heavy atom. The molecule has 0 unspecified atom stereocenters. The first-order chi connectivity index (χ1) is 5.47. The Hall–Kier alpha value is -1.15. The monoisotopic (exact) mass is 147 g/mol. The number of hydrogen-bond acceptors (Lipinski definition) is 1. The number of nitrogens with zero attached hydrogens (tertiary/aromatic N) is 1. The van der Waals surface area contributed by atoms with Crippen LogP contribution in [0.5, 0.6) is 0 Å². The van der Waals surface area contributed by atoms with E-state index in [0.717, 1.165) is 13.0 Å². The molecule has 0 aromatic heterocycles. The number of rotatable bonds is 0. The highest BCUT2D eigenvalue weighted by Gasteiger charge is 2.03. The fraction of sp³-hybridized carbons (Fsp3) is 0.222. The summed E-state index contributed by atoms with van der Waals surface area (Å²) >= 11 is 0. The van der Waals surface area contributed by atoms with Crippen molar-refractivity contribution in [1.29, 1.82) is 0 Å². The molecule has 1 aromatic rings. The molecule has 1 heterocycles. The summed E-state index contributed by atoms with van der Waals surface area (Å²) in [7, 11) is 0. The van der Waals surface area contributed by atoms with Crippen molar-refractivity contribution >= 4 is 6.21 Å². The van der Waals surface area contributed by atoms with Crippen molar-refractivity contribution in [2.24, 2.45) is 5.10 Å². The topological polar surface area (TPSA) is 29.0 Å². The quantitative estimate of drug-likeness (QED) is 0.506. The predicted octanol–water partition coefficient (Wildman–Crippen LogP) is 0.140. The van der Waals surface area contributed by atoms with E-state index in [1.54, 1.807) is 0 Å². The second-order valence-corrected chi connectivity index (χ2v) is 2.70. The van der Waals surface area contributed by atoms with Crippen LogP contribution in [0.3, 0.4) is 0 Å². The van der Waals surface area contributed by atoms with Crippen LogP contribution in [0.25, 0.3) is 0 Å². The number of nitrogens with two attached hydrogens (primary N) is 1. The largest absolute Gasteiger partial charge is 0.220 e. The van der Waals surface area contributed by atoms with E-state index in [4.69, 9.17) is 0 Å². The van der Waals surface area contributed by atoms with Crippen LogP contribution in [-0.2, 0) is 6.42 Å². The zero-order chi connectivity index (χ0) is 7.52. The molecule has 2 N–H and O–H groups in total. The third-order valence-electron chi connectivity index (χ3n) is 1.92. The average Bonchev–Trinajstić information content (AvgIpc) is 2.28. The molecule has 0 saturated heterocycles. The van der Waals surface area contributed by atoms with Gasteiger partial charge in [-0.25, -0.2) is 5.43 Å². The Morgan fingerprint density at radius 3 is 3.18 bits per heavy atom. The third kappa shape index (κ3) is 1.30. The first kappa shape index (κ1) is 6.55. The lowest BCUT2D eigenvalue weighted by Gasteiger charge is -1.97. The molecule has 2 nitrogen and oxygen atoms in total. The van der Waals surface area contributed by atoms with Crippen LogP contribution in [0, 0.1) is 0 Å². The number of hydrogen-bond donors (Lipinski definition) is 1. The van der Waals surface area contributed by atoms with Gasteiger partial charge in [0.1, 0.15) is 6.54 Å². The van der Waals surface area contributed by atoms with Crippen LogP contribution in [0.2, 0.25) is 0 Å². The van der Waals surface area contributed by atoms with E-state index >= 15 is 0 Å². The van der Waals surface area contributed by atoms with E-state index in [9.17, 15) is 0 Å². The van der Waals surface area contributed by atoms with Crippen LogP contribution in [-0.4, -0.2) is 12.8 Å². The van der Waals surface area contributed by atoms with Gasteiger partial charge in [-0.15, -0.1) is 0 Å². The predicted molar refractivity (Wildman–Crippen MR) is 44.5 cm³/mol. The molecule has 2 rings (SSSR count). The summed E-state index contributed by atoms with van der Waals surface area (Å²) < 4.78 is 0. The molecule has 1 aliphatic heterocycles. The third-order valence-corrected chi connectivity index (χ3v) is 1.92. The number of fused-ring (bicyclic) bond motifs is 1. The summed E-state index contributed by atoms with van der Waals surface area (Å²) in [4.78, 5) is 0. The van der Waals surface area contributed by atoms with Crippen molar-refractivity contribution < 1.29 is 5.43 Å². The summed E-state index contributed by atoms with van der Waals surface area (Å²) in [5.41, 5.74) is 4.64. The molecule has 1 aromatic carbocycles. The number of quaternary nitrogens is 1. The Kier molecular flexibility index (Phi) is 1.69. The van der Waals surface area contributed by atoms with Gasteiger partial charge < -0.3 is 0 Å². The van der Waals surface area contributed by atoms with Gasteiger partial charge in [-0.05, 0) is 5.56 Å². The molecule has 2 heteroatoms. The molecule has 11 heavy (non-hydrogen) atoms. The molecule has 1 aliphatic rings. The van der Waals surface area contributed by atoms with Crippen LogP contribution < -0.4 is 5.43 Å². The van der Waals surface area contributed by atoms with E-state index in [2.05, 4.69) is 29.4 Å². The molecule has 0 aliphatic carbocycles. The summed E-state index contributed by atoms with van der Waals surface area (Å²) in [5, 5.41) is 4.16. The molecular formula is C9H11N2+. The minimum Gasteiger partial charge on any atom is -0.220 e. The normalized spacial score (nSPS) is 15.6. The molecule has 0 fully saturated rings. The maximum atomic E-state index is 4.16. The average molecular weight is 147 g/mol. The van der Waals surface area contributed by atoms with Gasteiger partial charge in [0.2, 0.25) is 0 Å². The van der Waals surface area contributed by atoms with Gasteiger partial charge in [0.05, 0.1) is 6.21 Å². The SMILES string of the molecule is C1=N[NH2+]CCc2ccccc21. The second kappa shape index (κ2) is 2.84. The summed E-state index contributed by atoms with van der Waals surface area (Å²) in [6.07, 6.45) is 3.05. The lowest BCUT2D eigenvalue weighted by Crippen LogP contribution is -2.78. The van der Waals surface area contributed by atoms with E-state index in [1.807, 2.05) is 11.6 Å². The van der Waals surface area contributed by atoms with E-state index in [0.29, 0.717) is 0 Å². The molecule has 0 atom stereocenters. The van der Waals surface area contributed by atoms with Gasteiger partial charge in [-0.3, -0.25) is 0 Å². The van der Waals surface area contributed by atoms with E-state index < -0.39 is 0 Å². The number of benzene rings is 1. The zero-order valence-corrected chi connectivity index (χ0v) is 6.33. The van der Waals surface area contributed by atoms with Crippen molar-refractivity contribution in [3.8, 4) is 0 Å². The van der Waals surface area contributed by atoms with Gasteiger partial charge in [0, 0.05) is 12.0 Å². The van der Waals surface area contributed by atoms with E-state index in [-0.39, 0.29) is 0 Å². The van der Waals surface area contributed by atoms with Gasteiger partial charge in [-0.2, -0.15) is 0 Å². The molecular weight excluding hydrogens is 136 g/mol. The minimum absolute atomic E-state index is 1.06. The Balaban J connectivity index is 2.45. The lowest BCUT2D eigenvalue weighted by molar-refractivity contribution is -0.659. The van der Waals surface area contributed by atoms with Gasteiger partial charge in [-0.1, -0.05) is 29.4 Å². The Morgan fingerprint density at radius 1 is 1.27 bits per heavy atom. The summed E-state index contributed by atoms with van der Waals surface area (Å²) in [5.74, 6) is 0. The van der Waals surface area contributed by atoms with Gasteiger partial charge in [0.25, 0.3) is 0 Å². The highest BCUT2D eigenvalue weighted by molar-refractivity contribution is 5.81. The van der Waals surface area contributed by atoms with Crippen molar-refractivity contribution in [2.75, 3.05) is 6.54 Å². The highest BCUT2D eigenvalue weighted by atomic mass is 15.3. The first-order valence-corrected chi connectivity index (χ1v) is 3.89. The maximum absolute atomic E-state index is 4.16. The summed E-state index contributed by atoms with van der Waals surface area (Å²) in [6, 6.07) is 8.41. The fourth-order valence-electron chi connectivity index (χ4n) is 1.32. The minimum atomic E-state index is 1.06. The van der Waals surface area contributed by atoms with Crippen molar-refractivity contribution in [1.82, 2.24) is 0 Å². The molecule has 0 amide bonds. The lowest BCUT2D eigenvalue weighted by atomic mass is 10.1. The molecule has 56 valence electrons. The summed E-state index contributed by atoms with van der Waals surface area (Å²) in [6.45, 7) is 1.06. The van der Waals surface area contributed by atoms with Gasteiger partial charge in [0.15, 0.2) is 0 Å².